The molecule has 0 spiro atoms. The minimum Gasteiger partial charge on any atom is -0.381 e. The number of ether oxygens (including phenoxy) is 1. The van der Waals surface area contributed by atoms with Gasteiger partial charge in [0.1, 0.15) is 0 Å². The van der Waals surface area contributed by atoms with E-state index in [0.29, 0.717) is 38.2 Å². The van der Waals surface area contributed by atoms with E-state index >= 15 is 0 Å². The fraction of sp³-hybridized carbons (Fsp3) is 0.571. The van der Waals surface area contributed by atoms with Crippen molar-refractivity contribution in [2.75, 3.05) is 29.8 Å². The fourth-order valence-electron chi connectivity index (χ4n) is 2.94. The Morgan fingerprint density at radius 3 is 2.76 bits per heavy atom. The molecule has 1 aromatic rings. The minimum atomic E-state index is -3.55. The second-order valence-corrected chi connectivity index (χ2v) is 7.52. The average Bonchev–Trinajstić information content (AvgIpc) is 2.91. The highest BCUT2D eigenvalue weighted by molar-refractivity contribution is 7.92. The lowest BCUT2D eigenvalue weighted by Crippen LogP contribution is -2.39. The molecule has 1 aromatic carbocycles. The Morgan fingerprint density at radius 1 is 1.29 bits per heavy atom. The first-order valence-electron chi connectivity index (χ1n) is 7.03. The van der Waals surface area contributed by atoms with Crippen LogP contribution < -0.4 is 4.31 Å². The van der Waals surface area contributed by atoms with Crippen LogP contribution in [0.2, 0.25) is 0 Å². The number of aryl methyl sites for hydroxylation is 1. The van der Waals surface area contributed by atoms with Crippen molar-refractivity contribution in [2.45, 2.75) is 19.3 Å². The molecule has 2 aliphatic heterocycles. The van der Waals surface area contributed by atoms with E-state index in [2.05, 4.69) is 0 Å². The molecule has 0 amide bonds. The van der Waals surface area contributed by atoms with Gasteiger partial charge in [0.25, 0.3) is 0 Å². The van der Waals surface area contributed by atoms with Crippen LogP contribution in [0.5, 0.6) is 0 Å². The lowest BCUT2D eigenvalue weighted by atomic mass is 10.0. The summed E-state index contributed by atoms with van der Waals surface area (Å²) in [6, 6.07) is 2.09. The zero-order valence-electron chi connectivity index (χ0n) is 11.5. The molecule has 0 radical (unpaired) electrons. The highest BCUT2D eigenvalue weighted by Gasteiger charge is 2.32. The molecule has 1 saturated heterocycles. The van der Waals surface area contributed by atoms with Gasteiger partial charge >= 0.3 is 0 Å². The van der Waals surface area contributed by atoms with Crippen molar-refractivity contribution >= 4 is 15.7 Å². The maximum absolute atomic E-state index is 13.5. The normalized spacial score (nSPS) is 22.4. The van der Waals surface area contributed by atoms with E-state index in [1.807, 2.05) is 0 Å². The molecular weight excluding hydrogens is 300 g/mol. The van der Waals surface area contributed by atoms with Gasteiger partial charge in [0.15, 0.2) is 11.6 Å². The van der Waals surface area contributed by atoms with Gasteiger partial charge in [-0.05, 0) is 30.9 Å². The number of halogens is 2. The first-order chi connectivity index (χ1) is 9.97. The summed E-state index contributed by atoms with van der Waals surface area (Å²) in [6.45, 7) is 1.34. The molecule has 0 unspecified atom stereocenters. The zero-order chi connectivity index (χ0) is 15.0. The monoisotopic (exact) mass is 317 g/mol. The molecule has 0 aromatic heterocycles. The summed E-state index contributed by atoms with van der Waals surface area (Å²) in [5.74, 6) is -1.98. The first kappa shape index (κ1) is 14.7. The lowest BCUT2D eigenvalue weighted by Gasteiger charge is -2.31. The predicted molar refractivity (Wildman–Crippen MR) is 74.7 cm³/mol. The maximum atomic E-state index is 13.5. The Labute approximate surface area is 122 Å². The molecule has 7 heteroatoms. The summed E-state index contributed by atoms with van der Waals surface area (Å²) in [4.78, 5) is 0. The largest absolute Gasteiger partial charge is 0.381 e. The molecule has 4 nitrogen and oxygen atoms in total. The molecular formula is C14H17F2NO3S. The number of fused-ring (bicyclic) bond motifs is 1. The van der Waals surface area contributed by atoms with Crippen molar-refractivity contribution in [1.82, 2.24) is 0 Å². The average molecular weight is 317 g/mol. The molecule has 2 heterocycles. The standard InChI is InChI=1S/C14H17F2NO3S/c15-12-6-11-2-1-4-17(14(11)7-13(12)16)21(18,19)9-10-3-5-20-8-10/h6-7,10H,1-5,8-9H2/t10-/m1/s1. The Morgan fingerprint density at radius 2 is 2.05 bits per heavy atom. The van der Waals surface area contributed by atoms with E-state index < -0.39 is 21.7 Å². The summed E-state index contributed by atoms with van der Waals surface area (Å²) in [5.41, 5.74) is 0.825. The summed E-state index contributed by atoms with van der Waals surface area (Å²) >= 11 is 0. The summed E-state index contributed by atoms with van der Waals surface area (Å²) in [5, 5.41) is 0. The van der Waals surface area contributed by atoms with Gasteiger partial charge in [0.2, 0.25) is 10.0 Å². The number of nitrogens with zero attached hydrogens (tertiary/aromatic N) is 1. The highest BCUT2D eigenvalue weighted by atomic mass is 32.2. The van der Waals surface area contributed by atoms with Crippen molar-refractivity contribution in [3.8, 4) is 0 Å². The van der Waals surface area contributed by atoms with Gasteiger partial charge in [-0.15, -0.1) is 0 Å². The molecule has 21 heavy (non-hydrogen) atoms. The summed E-state index contributed by atoms with van der Waals surface area (Å²) < 4.78 is 58.3. The second kappa shape index (κ2) is 5.53. The number of sulfonamides is 1. The van der Waals surface area contributed by atoms with E-state index in [1.54, 1.807) is 0 Å². The molecule has 2 aliphatic rings. The number of hydrogen-bond donors (Lipinski definition) is 0. The fourth-order valence-corrected chi connectivity index (χ4v) is 4.85. The Bertz CT molecular complexity index is 642. The van der Waals surface area contributed by atoms with E-state index in [0.717, 1.165) is 18.6 Å². The third kappa shape index (κ3) is 2.89. The lowest BCUT2D eigenvalue weighted by molar-refractivity contribution is 0.188. The van der Waals surface area contributed by atoms with Crippen LogP contribution in [-0.2, 0) is 21.2 Å². The van der Waals surface area contributed by atoms with Crippen molar-refractivity contribution in [1.29, 1.82) is 0 Å². The van der Waals surface area contributed by atoms with E-state index in [4.69, 9.17) is 4.74 Å². The van der Waals surface area contributed by atoms with Crippen LogP contribution in [0.25, 0.3) is 0 Å². The van der Waals surface area contributed by atoms with Crippen LogP contribution in [0, 0.1) is 17.6 Å². The number of benzene rings is 1. The van der Waals surface area contributed by atoms with E-state index in [-0.39, 0.29) is 17.4 Å². The Balaban J connectivity index is 1.91. The van der Waals surface area contributed by atoms with Crippen LogP contribution in [0.1, 0.15) is 18.4 Å². The maximum Gasteiger partial charge on any atom is 0.235 e. The van der Waals surface area contributed by atoms with Crippen LogP contribution in [0.3, 0.4) is 0 Å². The number of rotatable bonds is 3. The topological polar surface area (TPSA) is 46.6 Å². The molecule has 0 N–H and O–H groups in total. The van der Waals surface area contributed by atoms with Gasteiger partial charge in [-0.2, -0.15) is 0 Å². The molecule has 0 aliphatic carbocycles. The van der Waals surface area contributed by atoms with Crippen LogP contribution in [-0.4, -0.2) is 33.9 Å². The number of anilines is 1. The van der Waals surface area contributed by atoms with Crippen LogP contribution in [0.15, 0.2) is 12.1 Å². The van der Waals surface area contributed by atoms with Gasteiger partial charge in [0.05, 0.1) is 18.0 Å². The first-order valence-corrected chi connectivity index (χ1v) is 8.64. The van der Waals surface area contributed by atoms with E-state index in [9.17, 15) is 17.2 Å². The molecule has 1 atom stereocenters. The second-order valence-electron chi connectivity index (χ2n) is 5.58. The predicted octanol–water partition coefficient (Wildman–Crippen LogP) is 2.08. The Kier molecular flexibility index (Phi) is 3.88. The molecule has 3 rings (SSSR count). The minimum absolute atomic E-state index is 0.00850. The van der Waals surface area contributed by atoms with Gasteiger partial charge in [-0.3, -0.25) is 4.31 Å². The van der Waals surface area contributed by atoms with Crippen molar-refractivity contribution in [2.24, 2.45) is 5.92 Å². The highest BCUT2D eigenvalue weighted by Crippen LogP contribution is 2.32. The van der Waals surface area contributed by atoms with Gasteiger partial charge in [0, 0.05) is 25.1 Å². The third-order valence-electron chi connectivity index (χ3n) is 4.00. The van der Waals surface area contributed by atoms with E-state index in [1.165, 1.54) is 4.31 Å². The molecule has 0 bridgehead atoms. The molecule has 0 saturated carbocycles. The molecule has 1 fully saturated rings. The summed E-state index contributed by atoms with van der Waals surface area (Å²) in [7, 11) is -3.55. The van der Waals surface area contributed by atoms with Crippen LogP contribution in [0.4, 0.5) is 14.5 Å². The number of hydrogen-bond acceptors (Lipinski definition) is 3. The van der Waals surface area contributed by atoms with Crippen LogP contribution >= 0.6 is 0 Å². The smallest absolute Gasteiger partial charge is 0.235 e. The zero-order valence-corrected chi connectivity index (χ0v) is 12.3. The SMILES string of the molecule is O=S(=O)(C[C@@H]1CCOC1)N1CCCc2cc(F)c(F)cc21. The van der Waals surface area contributed by atoms with Gasteiger partial charge < -0.3 is 4.74 Å². The molecule has 116 valence electrons. The van der Waals surface area contributed by atoms with Crippen molar-refractivity contribution in [3.05, 3.63) is 29.3 Å². The van der Waals surface area contributed by atoms with Crippen molar-refractivity contribution in [3.63, 3.8) is 0 Å². The quantitative estimate of drug-likeness (QED) is 0.857. The van der Waals surface area contributed by atoms with Gasteiger partial charge in [-0.1, -0.05) is 0 Å². The van der Waals surface area contributed by atoms with Crippen molar-refractivity contribution < 1.29 is 21.9 Å². The van der Waals surface area contributed by atoms with Gasteiger partial charge in [-0.25, -0.2) is 17.2 Å². The summed E-state index contributed by atoms with van der Waals surface area (Å²) in [6.07, 6.45) is 1.89. The third-order valence-corrected chi connectivity index (χ3v) is 5.95. The Hall–Kier alpha value is -1.21.